The molecular weight excluding hydrogens is 206 g/mol. The van der Waals surface area contributed by atoms with Gasteiger partial charge in [0.25, 0.3) is 6.43 Å². The van der Waals surface area contributed by atoms with Gasteiger partial charge in [-0.2, -0.15) is 0 Å². The third-order valence-electron chi connectivity index (χ3n) is 1.97. The minimum Gasteiger partial charge on any atom is -0.476 e. The van der Waals surface area contributed by atoms with Crippen molar-refractivity contribution in [2.75, 3.05) is 0 Å². The van der Waals surface area contributed by atoms with Crippen LogP contribution >= 0.6 is 0 Å². The van der Waals surface area contributed by atoms with Crippen LogP contribution in [-0.4, -0.2) is 20.5 Å². The summed E-state index contributed by atoms with van der Waals surface area (Å²) in [5.41, 5.74) is -0.189. The molecule has 0 spiro atoms. The number of nitrogens with zero attached hydrogens (tertiary/aromatic N) is 2. The number of alkyl halides is 2. The molecule has 0 saturated heterocycles. The van der Waals surface area contributed by atoms with E-state index in [1.165, 1.54) is 18.3 Å². The number of rotatable bonds is 2. The summed E-state index contributed by atoms with van der Waals surface area (Å²) in [5.74, 6) is -1.87. The molecule has 0 fully saturated rings. The first-order valence-electron chi connectivity index (χ1n) is 4.09. The molecule has 78 valence electrons. The molecule has 2 aromatic heterocycles. The van der Waals surface area contributed by atoms with Gasteiger partial charge in [-0.05, 0) is 12.1 Å². The van der Waals surface area contributed by atoms with Gasteiger partial charge in [-0.1, -0.05) is 6.07 Å². The Balaban J connectivity index is 2.79. The summed E-state index contributed by atoms with van der Waals surface area (Å²) < 4.78 is 26.1. The van der Waals surface area contributed by atoms with E-state index < -0.39 is 18.2 Å². The number of carboxylic acid groups (broad SMARTS) is 1. The van der Waals surface area contributed by atoms with Crippen LogP contribution in [0, 0.1) is 0 Å². The van der Waals surface area contributed by atoms with E-state index in [-0.39, 0.29) is 11.2 Å². The number of aromatic carboxylic acids is 1. The summed E-state index contributed by atoms with van der Waals surface area (Å²) in [7, 11) is 0. The molecule has 0 aromatic carbocycles. The summed E-state index contributed by atoms with van der Waals surface area (Å²) in [6.45, 7) is 0. The molecule has 4 nitrogen and oxygen atoms in total. The Morgan fingerprint density at radius 1 is 1.47 bits per heavy atom. The first-order chi connectivity index (χ1) is 7.11. The zero-order valence-electron chi connectivity index (χ0n) is 7.39. The van der Waals surface area contributed by atoms with Crippen LogP contribution in [0.4, 0.5) is 8.78 Å². The molecule has 0 atom stereocenters. The molecule has 2 aromatic rings. The van der Waals surface area contributed by atoms with Crippen molar-refractivity contribution < 1.29 is 18.7 Å². The maximum atomic E-state index is 12.5. The van der Waals surface area contributed by atoms with Gasteiger partial charge in [0.2, 0.25) is 0 Å². The van der Waals surface area contributed by atoms with Crippen LogP contribution in [0.1, 0.15) is 22.7 Å². The van der Waals surface area contributed by atoms with Crippen molar-refractivity contribution in [2.45, 2.75) is 6.43 Å². The molecule has 0 bridgehead atoms. The lowest BCUT2D eigenvalue weighted by molar-refractivity contribution is 0.0692. The average molecular weight is 212 g/mol. The highest BCUT2D eigenvalue weighted by atomic mass is 19.3. The van der Waals surface area contributed by atoms with Crippen LogP contribution in [0.3, 0.4) is 0 Å². The molecule has 0 saturated carbocycles. The SMILES string of the molecule is O=C(O)c1nc(C(F)F)n2ccccc12. The first kappa shape index (κ1) is 9.57. The van der Waals surface area contributed by atoms with Crippen molar-refractivity contribution in [3.8, 4) is 0 Å². The Kier molecular flexibility index (Phi) is 2.11. The van der Waals surface area contributed by atoms with Crippen molar-refractivity contribution in [1.29, 1.82) is 0 Å². The fourth-order valence-corrected chi connectivity index (χ4v) is 1.37. The third-order valence-corrected chi connectivity index (χ3v) is 1.97. The standard InChI is InChI=1S/C9H6F2N2O2/c10-7(11)8-12-6(9(14)15)5-3-1-2-4-13(5)8/h1-4,7H,(H,14,15). The molecule has 1 N–H and O–H groups in total. The zero-order chi connectivity index (χ0) is 11.0. The highest BCUT2D eigenvalue weighted by Gasteiger charge is 2.21. The lowest BCUT2D eigenvalue weighted by Crippen LogP contribution is -1.97. The smallest absolute Gasteiger partial charge is 0.356 e. The number of imidazole rings is 1. The van der Waals surface area contributed by atoms with Gasteiger partial charge in [0, 0.05) is 6.20 Å². The Morgan fingerprint density at radius 3 is 2.80 bits per heavy atom. The molecule has 0 radical (unpaired) electrons. The lowest BCUT2D eigenvalue weighted by atomic mass is 10.3. The van der Waals surface area contributed by atoms with Crippen molar-refractivity contribution in [1.82, 2.24) is 9.38 Å². The molecule has 0 aliphatic rings. The van der Waals surface area contributed by atoms with Crippen molar-refractivity contribution in [3.63, 3.8) is 0 Å². The molecule has 2 rings (SSSR count). The van der Waals surface area contributed by atoms with Gasteiger partial charge in [-0.15, -0.1) is 0 Å². The minimum atomic E-state index is -2.80. The second-order valence-electron chi connectivity index (χ2n) is 2.88. The molecule has 0 aliphatic carbocycles. The van der Waals surface area contributed by atoms with Crippen molar-refractivity contribution in [3.05, 3.63) is 35.9 Å². The summed E-state index contributed by atoms with van der Waals surface area (Å²) in [5, 5.41) is 8.76. The van der Waals surface area contributed by atoms with E-state index in [2.05, 4.69) is 4.98 Å². The summed E-state index contributed by atoms with van der Waals surface area (Å²) in [6, 6.07) is 4.53. The monoisotopic (exact) mass is 212 g/mol. The summed E-state index contributed by atoms with van der Waals surface area (Å²) in [4.78, 5) is 14.1. The number of aromatic nitrogens is 2. The Bertz CT molecular complexity index is 522. The Morgan fingerprint density at radius 2 is 2.20 bits per heavy atom. The predicted octanol–water partition coefficient (Wildman–Crippen LogP) is 1.97. The predicted molar refractivity (Wildman–Crippen MR) is 47.1 cm³/mol. The van der Waals surface area contributed by atoms with Crippen LogP contribution in [0.15, 0.2) is 24.4 Å². The molecule has 15 heavy (non-hydrogen) atoms. The molecule has 0 aliphatic heterocycles. The number of fused-ring (bicyclic) bond motifs is 1. The topological polar surface area (TPSA) is 54.6 Å². The molecule has 6 heteroatoms. The number of hydrogen-bond acceptors (Lipinski definition) is 2. The molecule has 0 unspecified atom stereocenters. The van der Waals surface area contributed by atoms with E-state index >= 15 is 0 Å². The fourth-order valence-electron chi connectivity index (χ4n) is 1.37. The van der Waals surface area contributed by atoms with Gasteiger partial charge in [-0.3, -0.25) is 4.40 Å². The third kappa shape index (κ3) is 1.43. The second kappa shape index (κ2) is 3.30. The van der Waals surface area contributed by atoms with Gasteiger partial charge < -0.3 is 5.11 Å². The van der Waals surface area contributed by atoms with Crippen molar-refractivity contribution >= 4 is 11.5 Å². The highest BCUT2D eigenvalue weighted by Crippen LogP contribution is 2.21. The average Bonchev–Trinajstić information content (AvgIpc) is 2.56. The number of carbonyl (C=O) groups is 1. The molecule has 0 amide bonds. The fraction of sp³-hybridized carbons (Fsp3) is 0.111. The molecule has 2 heterocycles. The number of hydrogen-bond donors (Lipinski definition) is 1. The van der Waals surface area contributed by atoms with E-state index in [1.54, 1.807) is 6.07 Å². The van der Waals surface area contributed by atoms with Crippen LogP contribution < -0.4 is 0 Å². The Hall–Kier alpha value is -1.98. The van der Waals surface area contributed by atoms with Gasteiger partial charge in [0.1, 0.15) is 0 Å². The largest absolute Gasteiger partial charge is 0.476 e. The number of carboxylic acids is 1. The van der Waals surface area contributed by atoms with E-state index in [0.29, 0.717) is 0 Å². The van der Waals surface area contributed by atoms with Crippen LogP contribution in [-0.2, 0) is 0 Å². The normalized spacial score (nSPS) is 11.1. The van der Waals surface area contributed by atoms with Crippen LogP contribution in [0.2, 0.25) is 0 Å². The van der Waals surface area contributed by atoms with E-state index in [9.17, 15) is 13.6 Å². The maximum Gasteiger partial charge on any atom is 0.356 e. The van der Waals surface area contributed by atoms with E-state index in [4.69, 9.17) is 5.11 Å². The summed E-state index contributed by atoms with van der Waals surface area (Å²) in [6.07, 6.45) is -1.44. The number of halogens is 2. The zero-order valence-corrected chi connectivity index (χ0v) is 7.39. The van der Waals surface area contributed by atoms with Gasteiger partial charge >= 0.3 is 5.97 Å². The minimum absolute atomic E-state index is 0.167. The molecular formula is C9H6F2N2O2. The van der Waals surface area contributed by atoms with E-state index in [0.717, 1.165) is 4.40 Å². The lowest BCUT2D eigenvalue weighted by Gasteiger charge is -1.97. The second-order valence-corrected chi connectivity index (χ2v) is 2.88. The van der Waals surface area contributed by atoms with Crippen LogP contribution in [0.25, 0.3) is 5.52 Å². The number of pyridine rings is 1. The van der Waals surface area contributed by atoms with Gasteiger partial charge in [-0.25, -0.2) is 18.6 Å². The maximum absolute atomic E-state index is 12.5. The van der Waals surface area contributed by atoms with Crippen LogP contribution in [0.5, 0.6) is 0 Å². The highest BCUT2D eigenvalue weighted by molar-refractivity contribution is 5.93. The Labute approximate surface area is 82.8 Å². The van der Waals surface area contributed by atoms with Crippen molar-refractivity contribution in [2.24, 2.45) is 0 Å². The van der Waals surface area contributed by atoms with E-state index in [1.807, 2.05) is 0 Å². The summed E-state index contributed by atoms with van der Waals surface area (Å²) >= 11 is 0. The quantitative estimate of drug-likeness (QED) is 0.827. The first-order valence-corrected chi connectivity index (χ1v) is 4.09. The van der Waals surface area contributed by atoms with Gasteiger partial charge in [0.05, 0.1) is 5.52 Å². The van der Waals surface area contributed by atoms with Gasteiger partial charge in [0.15, 0.2) is 11.5 Å².